The highest BCUT2D eigenvalue weighted by molar-refractivity contribution is 7.08. The molecule has 2 rings (SSSR count). The largest absolute Gasteiger partial charge is 0.416 e. The molecule has 124 valence electrons. The quantitative estimate of drug-likeness (QED) is 0.862. The van der Waals surface area contributed by atoms with Gasteiger partial charge in [-0.05, 0) is 35.6 Å². The van der Waals surface area contributed by atoms with Crippen molar-refractivity contribution < 1.29 is 23.1 Å². The van der Waals surface area contributed by atoms with E-state index < -0.39 is 23.9 Å². The summed E-state index contributed by atoms with van der Waals surface area (Å²) in [5.74, 6) is -0.316. The molecule has 2 aromatic rings. The fourth-order valence-corrected chi connectivity index (χ4v) is 2.79. The van der Waals surface area contributed by atoms with Gasteiger partial charge in [0.2, 0.25) is 0 Å². The van der Waals surface area contributed by atoms with Gasteiger partial charge >= 0.3 is 6.18 Å². The molecule has 1 aromatic heterocycles. The molecule has 23 heavy (non-hydrogen) atoms. The maximum Gasteiger partial charge on any atom is 0.416 e. The minimum atomic E-state index is -4.42. The monoisotopic (exact) mass is 343 g/mol. The molecule has 1 amide bonds. The molecule has 0 radical (unpaired) electrons. The van der Waals surface area contributed by atoms with E-state index in [0.717, 1.165) is 12.1 Å². The van der Waals surface area contributed by atoms with Gasteiger partial charge in [0.25, 0.3) is 5.91 Å². The van der Waals surface area contributed by atoms with Crippen molar-refractivity contribution in [3.63, 3.8) is 0 Å². The molecule has 1 heterocycles. The van der Waals surface area contributed by atoms with Gasteiger partial charge in [-0.2, -0.15) is 24.5 Å². The number of carbonyl (C=O) groups excluding carboxylic acids is 1. The summed E-state index contributed by atoms with van der Waals surface area (Å²) in [5, 5.41) is 16.5. The Balaban J connectivity index is 2.10. The predicted molar refractivity (Wildman–Crippen MR) is 82.3 cm³/mol. The summed E-state index contributed by atoms with van der Waals surface area (Å²) in [4.78, 5) is 12.0. The zero-order valence-electron chi connectivity index (χ0n) is 12.3. The summed E-state index contributed by atoms with van der Waals surface area (Å²) in [6.07, 6.45) is -5.05. The van der Waals surface area contributed by atoms with E-state index >= 15 is 0 Å². The van der Waals surface area contributed by atoms with Crippen LogP contribution in [0.2, 0.25) is 0 Å². The average molecular weight is 343 g/mol. The lowest BCUT2D eigenvalue weighted by Crippen LogP contribution is -2.38. The van der Waals surface area contributed by atoms with Crippen LogP contribution in [0.1, 0.15) is 40.9 Å². The van der Waals surface area contributed by atoms with Crippen molar-refractivity contribution in [2.24, 2.45) is 0 Å². The van der Waals surface area contributed by atoms with E-state index in [1.165, 1.54) is 23.5 Å². The van der Waals surface area contributed by atoms with Gasteiger partial charge in [-0.1, -0.05) is 19.1 Å². The number of aliphatic hydroxyl groups excluding tert-OH is 1. The minimum absolute atomic E-state index is 0.316. The number of rotatable bonds is 5. The van der Waals surface area contributed by atoms with E-state index in [9.17, 15) is 23.1 Å². The molecule has 0 bridgehead atoms. The molecular weight excluding hydrogens is 327 g/mol. The first-order valence-corrected chi connectivity index (χ1v) is 7.95. The number of amides is 1. The Bertz CT molecular complexity index is 638. The smallest absolute Gasteiger partial charge is 0.386 e. The summed E-state index contributed by atoms with van der Waals surface area (Å²) >= 11 is 1.38. The SMILES string of the molecule is CCC(NC(=O)c1ccsc1)C(O)c1ccc(C(F)(F)F)cc1. The Kier molecular flexibility index (Phi) is 5.43. The first kappa shape index (κ1) is 17.5. The fraction of sp³-hybridized carbons (Fsp3) is 0.312. The molecular formula is C16H16F3NO2S. The highest BCUT2D eigenvalue weighted by Crippen LogP contribution is 2.30. The van der Waals surface area contributed by atoms with Gasteiger partial charge in [0.1, 0.15) is 0 Å². The number of nitrogens with one attached hydrogen (secondary N) is 1. The van der Waals surface area contributed by atoms with Crippen LogP contribution in [-0.2, 0) is 6.18 Å². The van der Waals surface area contributed by atoms with Crippen molar-refractivity contribution in [1.82, 2.24) is 5.32 Å². The summed E-state index contributed by atoms with van der Waals surface area (Å²) in [5.41, 5.74) is 0.0485. The van der Waals surface area contributed by atoms with Crippen molar-refractivity contribution in [3.8, 4) is 0 Å². The molecule has 0 aliphatic carbocycles. The Morgan fingerprint density at radius 1 is 1.26 bits per heavy atom. The summed E-state index contributed by atoms with van der Waals surface area (Å²) < 4.78 is 37.7. The highest BCUT2D eigenvalue weighted by atomic mass is 32.1. The average Bonchev–Trinajstić information content (AvgIpc) is 3.05. The Morgan fingerprint density at radius 2 is 1.91 bits per heavy atom. The molecule has 7 heteroatoms. The van der Waals surface area contributed by atoms with Gasteiger partial charge in [0.15, 0.2) is 0 Å². The third-order valence-corrected chi connectivity index (χ3v) is 4.18. The topological polar surface area (TPSA) is 49.3 Å². The van der Waals surface area contributed by atoms with Gasteiger partial charge in [-0.25, -0.2) is 0 Å². The lowest BCUT2D eigenvalue weighted by molar-refractivity contribution is -0.137. The highest BCUT2D eigenvalue weighted by Gasteiger charge is 2.30. The van der Waals surface area contributed by atoms with Gasteiger partial charge < -0.3 is 10.4 Å². The molecule has 0 fully saturated rings. The molecule has 0 saturated carbocycles. The van der Waals surface area contributed by atoms with Crippen molar-refractivity contribution in [3.05, 3.63) is 57.8 Å². The van der Waals surface area contributed by atoms with Crippen LogP contribution in [0.5, 0.6) is 0 Å². The van der Waals surface area contributed by atoms with Crippen LogP contribution in [0.3, 0.4) is 0 Å². The standard InChI is InChI=1S/C16H16F3NO2S/c1-2-13(20-15(22)11-7-8-23-9-11)14(21)10-3-5-12(6-4-10)16(17,18)19/h3-9,13-14,21H,2H2,1H3,(H,20,22). The van der Waals surface area contributed by atoms with Crippen molar-refractivity contribution in [1.29, 1.82) is 0 Å². The lowest BCUT2D eigenvalue weighted by atomic mass is 9.98. The van der Waals surface area contributed by atoms with Crippen LogP contribution in [-0.4, -0.2) is 17.1 Å². The molecule has 0 aliphatic heterocycles. The summed E-state index contributed by atoms with van der Waals surface area (Å²) in [7, 11) is 0. The zero-order valence-corrected chi connectivity index (χ0v) is 13.1. The molecule has 0 saturated heterocycles. The first-order chi connectivity index (χ1) is 10.8. The second kappa shape index (κ2) is 7.14. The van der Waals surface area contributed by atoms with Crippen LogP contribution < -0.4 is 5.32 Å². The number of aliphatic hydroxyl groups is 1. The van der Waals surface area contributed by atoms with Crippen LogP contribution in [0.25, 0.3) is 0 Å². The lowest BCUT2D eigenvalue weighted by Gasteiger charge is -2.23. The first-order valence-electron chi connectivity index (χ1n) is 7.01. The van der Waals surface area contributed by atoms with E-state index in [2.05, 4.69) is 5.32 Å². The van der Waals surface area contributed by atoms with Gasteiger partial charge in [0, 0.05) is 10.9 Å². The van der Waals surface area contributed by atoms with Gasteiger partial charge in [-0.3, -0.25) is 4.79 Å². The molecule has 3 nitrogen and oxygen atoms in total. The normalized spacial score (nSPS) is 14.3. The Labute approximate surface area is 135 Å². The third kappa shape index (κ3) is 4.33. The van der Waals surface area contributed by atoms with E-state index in [1.807, 2.05) is 0 Å². The molecule has 0 aliphatic rings. The molecule has 2 N–H and O–H groups in total. The maximum atomic E-state index is 12.6. The van der Waals surface area contributed by atoms with E-state index in [-0.39, 0.29) is 5.91 Å². The summed E-state index contributed by atoms with van der Waals surface area (Å²) in [6, 6.07) is 5.38. The number of hydrogen-bond acceptors (Lipinski definition) is 3. The van der Waals surface area contributed by atoms with Gasteiger partial charge in [-0.15, -0.1) is 0 Å². The fourth-order valence-electron chi connectivity index (χ4n) is 2.15. The van der Waals surface area contributed by atoms with Crippen molar-refractivity contribution in [2.75, 3.05) is 0 Å². The van der Waals surface area contributed by atoms with Gasteiger partial charge in [0.05, 0.1) is 17.7 Å². The Morgan fingerprint density at radius 3 is 2.39 bits per heavy atom. The van der Waals surface area contributed by atoms with E-state index in [4.69, 9.17) is 0 Å². The van der Waals surface area contributed by atoms with Crippen LogP contribution in [0, 0.1) is 0 Å². The number of benzene rings is 1. The minimum Gasteiger partial charge on any atom is -0.386 e. The van der Waals surface area contributed by atoms with Crippen molar-refractivity contribution >= 4 is 17.2 Å². The summed E-state index contributed by atoms with van der Waals surface area (Å²) in [6.45, 7) is 1.78. The predicted octanol–water partition coefficient (Wildman–Crippen LogP) is 4.01. The number of carbonyl (C=O) groups is 1. The molecule has 0 spiro atoms. The Hall–Kier alpha value is -1.86. The second-order valence-corrected chi connectivity index (χ2v) is 5.84. The molecule has 1 aromatic carbocycles. The number of hydrogen-bond donors (Lipinski definition) is 2. The maximum absolute atomic E-state index is 12.6. The van der Waals surface area contributed by atoms with Crippen LogP contribution in [0.4, 0.5) is 13.2 Å². The van der Waals surface area contributed by atoms with E-state index in [0.29, 0.717) is 17.5 Å². The third-order valence-electron chi connectivity index (χ3n) is 3.50. The molecule has 2 atom stereocenters. The number of alkyl halides is 3. The van der Waals surface area contributed by atoms with Crippen LogP contribution in [0.15, 0.2) is 41.1 Å². The van der Waals surface area contributed by atoms with Crippen LogP contribution >= 0.6 is 11.3 Å². The molecule has 2 unspecified atom stereocenters. The number of thiophene rings is 1. The number of halogens is 3. The van der Waals surface area contributed by atoms with Crippen molar-refractivity contribution in [2.45, 2.75) is 31.7 Å². The second-order valence-electron chi connectivity index (χ2n) is 5.06. The van der Waals surface area contributed by atoms with E-state index in [1.54, 1.807) is 23.8 Å². The zero-order chi connectivity index (χ0) is 17.0.